The molecule has 1 atom stereocenters. The van der Waals surface area contributed by atoms with Gasteiger partial charge in [0.2, 0.25) is 0 Å². The van der Waals surface area contributed by atoms with Crippen LogP contribution in [0.4, 0.5) is 5.82 Å². The lowest BCUT2D eigenvalue weighted by Gasteiger charge is -2.12. The van der Waals surface area contributed by atoms with Crippen molar-refractivity contribution in [1.82, 2.24) is 24.9 Å². The molecule has 1 unspecified atom stereocenters. The van der Waals surface area contributed by atoms with Crippen molar-refractivity contribution in [3.63, 3.8) is 0 Å². The van der Waals surface area contributed by atoms with Gasteiger partial charge in [-0.3, -0.25) is 0 Å². The number of hydrogen-bond donors (Lipinski definition) is 3. The molecule has 1 aliphatic rings. The van der Waals surface area contributed by atoms with Gasteiger partial charge < -0.3 is 10.6 Å². The number of fused-ring (bicyclic) bond motifs is 1. The molecule has 3 heterocycles. The number of rotatable bonds is 3. The third kappa shape index (κ3) is 1.97. The molecule has 1 fully saturated rings. The lowest BCUT2D eigenvalue weighted by atomic mass is 10.2. The molecule has 0 bridgehead atoms. The molecule has 2 aromatic heterocycles. The van der Waals surface area contributed by atoms with E-state index in [0.29, 0.717) is 17.5 Å². The van der Waals surface area contributed by atoms with Crippen molar-refractivity contribution in [3.05, 3.63) is 22.4 Å². The van der Waals surface area contributed by atoms with E-state index < -0.39 is 0 Å². The van der Waals surface area contributed by atoms with E-state index in [2.05, 4.69) is 25.8 Å². The maximum absolute atomic E-state index is 11.5. The minimum absolute atomic E-state index is 0.251. The molecule has 0 aromatic carbocycles. The summed E-state index contributed by atoms with van der Waals surface area (Å²) in [4.78, 5) is 15.8. The van der Waals surface area contributed by atoms with Gasteiger partial charge in [-0.1, -0.05) is 0 Å². The van der Waals surface area contributed by atoms with Crippen molar-refractivity contribution in [1.29, 1.82) is 0 Å². The molecule has 7 nitrogen and oxygen atoms in total. The Bertz CT molecular complexity index is 610. The van der Waals surface area contributed by atoms with Gasteiger partial charge in [0.15, 0.2) is 5.65 Å². The largest absolute Gasteiger partial charge is 0.368 e. The average molecular weight is 248 g/mol. The van der Waals surface area contributed by atoms with E-state index in [1.807, 2.05) is 0 Å². The Kier molecular flexibility index (Phi) is 2.75. The molecule has 0 radical (unpaired) electrons. The first kappa shape index (κ1) is 11.2. The van der Waals surface area contributed by atoms with E-state index in [0.717, 1.165) is 18.9 Å². The first-order valence-corrected chi connectivity index (χ1v) is 6.16. The van der Waals surface area contributed by atoms with Crippen molar-refractivity contribution >= 4 is 11.5 Å². The highest BCUT2D eigenvalue weighted by atomic mass is 16.1. The van der Waals surface area contributed by atoms with E-state index in [1.54, 1.807) is 13.0 Å². The summed E-state index contributed by atoms with van der Waals surface area (Å²) in [7, 11) is 0. The van der Waals surface area contributed by atoms with Crippen LogP contribution in [0.15, 0.2) is 10.9 Å². The molecule has 3 N–H and O–H groups in total. The number of aryl methyl sites for hydroxylation is 1. The molecular formula is C11H16N6O. The molecule has 18 heavy (non-hydrogen) atoms. The van der Waals surface area contributed by atoms with Gasteiger partial charge in [-0.2, -0.15) is 5.10 Å². The predicted octanol–water partition coefficient (Wildman–Crippen LogP) is -0.110. The van der Waals surface area contributed by atoms with Crippen LogP contribution < -0.4 is 16.3 Å². The van der Waals surface area contributed by atoms with Gasteiger partial charge in [-0.15, -0.1) is 0 Å². The standard InChI is InChI=1S/C11H16N6O/c1-7-14-9(13-6-8-3-2-4-12-8)5-10-15-16-11(18)17(7)10/h5,8,12-13H,2-4,6H2,1H3,(H,16,18). The Hall–Kier alpha value is -1.89. The van der Waals surface area contributed by atoms with E-state index in [1.165, 1.54) is 17.2 Å². The van der Waals surface area contributed by atoms with Crippen LogP contribution in [0.5, 0.6) is 0 Å². The Balaban J connectivity index is 1.81. The fraction of sp³-hybridized carbons (Fsp3) is 0.545. The van der Waals surface area contributed by atoms with Crippen LogP contribution in [0.3, 0.4) is 0 Å². The third-order valence-electron chi connectivity index (χ3n) is 3.26. The van der Waals surface area contributed by atoms with Crippen LogP contribution in [0.25, 0.3) is 5.65 Å². The zero-order valence-electron chi connectivity index (χ0n) is 10.2. The summed E-state index contributed by atoms with van der Waals surface area (Å²) >= 11 is 0. The second-order valence-electron chi connectivity index (χ2n) is 4.59. The molecule has 1 aliphatic heterocycles. The summed E-state index contributed by atoms with van der Waals surface area (Å²) in [6, 6.07) is 2.28. The number of hydrogen-bond acceptors (Lipinski definition) is 5. The van der Waals surface area contributed by atoms with E-state index >= 15 is 0 Å². The molecule has 0 saturated carbocycles. The summed E-state index contributed by atoms with van der Waals surface area (Å²) in [6.07, 6.45) is 2.42. The van der Waals surface area contributed by atoms with Gasteiger partial charge in [0.05, 0.1) is 0 Å². The fourth-order valence-electron chi connectivity index (χ4n) is 2.35. The van der Waals surface area contributed by atoms with E-state index in [9.17, 15) is 4.79 Å². The smallest absolute Gasteiger partial charge is 0.349 e. The summed E-state index contributed by atoms with van der Waals surface area (Å²) in [5, 5.41) is 13.1. The normalized spacial score (nSPS) is 19.5. The highest BCUT2D eigenvalue weighted by Crippen LogP contribution is 2.10. The van der Waals surface area contributed by atoms with Crippen molar-refractivity contribution in [3.8, 4) is 0 Å². The molecular weight excluding hydrogens is 232 g/mol. The molecule has 1 saturated heterocycles. The minimum Gasteiger partial charge on any atom is -0.368 e. The summed E-state index contributed by atoms with van der Waals surface area (Å²) in [5.41, 5.74) is 0.341. The van der Waals surface area contributed by atoms with Crippen LogP contribution in [-0.4, -0.2) is 38.7 Å². The number of anilines is 1. The summed E-state index contributed by atoms with van der Waals surface area (Å²) in [5.74, 6) is 1.39. The quantitative estimate of drug-likeness (QED) is 0.705. The molecule has 0 amide bonds. The van der Waals surface area contributed by atoms with Crippen LogP contribution in [0.1, 0.15) is 18.7 Å². The number of nitrogens with zero attached hydrogens (tertiary/aromatic N) is 3. The Labute approximate surface area is 104 Å². The van der Waals surface area contributed by atoms with Crippen LogP contribution in [0.2, 0.25) is 0 Å². The maximum atomic E-state index is 11.5. The van der Waals surface area contributed by atoms with Crippen molar-refractivity contribution < 1.29 is 0 Å². The van der Waals surface area contributed by atoms with Gasteiger partial charge in [0.25, 0.3) is 0 Å². The first-order valence-electron chi connectivity index (χ1n) is 6.16. The molecule has 2 aromatic rings. The molecule has 7 heteroatoms. The third-order valence-corrected chi connectivity index (χ3v) is 3.26. The highest BCUT2D eigenvalue weighted by molar-refractivity contribution is 5.49. The van der Waals surface area contributed by atoms with Crippen molar-refractivity contribution in [2.75, 3.05) is 18.4 Å². The molecule has 0 aliphatic carbocycles. The van der Waals surface area contributed by atoms with Crippen molar-refractivity contribution in [2.24, 2.45) is 0 Å². The monoisotopic (exact) mass is 248 g/mol. The second-order valence-corrected chi connectivity index (χ2v) is 4.59. The average Bonchev–Trinajstić information content (AvgIpc) is 2.97. The zero-order chi connectivity index (χ0) is 12.5. The Morgan fingerprint density at radius 1 is 1.61 bits per heavy atom. The van der Waals surface area contributed by atoms with E-state index in [4.69, 9.17) is 0 Å². The van der Waals surface area contributed by atoms with Gasteiger partial charge in [-0.05, 0) is 26.3 Å². The van der Waals surface area contributed by atoms with Gasteiger partial charge in [0, 0.05) is 18.7 Å². The minimum atomic E-state index is -0.251. The van der Waals surface area contributed by atoms with E-state index in [-0.39, 0.29) is 5.69 Å². The highest BCUT2D eigenvalue weighted by Gasteiger charge is 2.14. The topological polar surface area (TPSA) is 87.1 Å². The van der Waals surface area contributed by atoms with Gasteiger partial charge >= 0.3 is 5.69 Å². The van der Waals surface area contributed by atoms with Gasteiger partial charge in [0.1, 0.15) is 11.6 Å². The lowest BCUT2D eigenvalue weighted by molar-refractivity contribution is 0.632. The molecule has 3 rings (SSSR count). The van der Waals surface area contributed by atoms with Gasteiger partial charge in [-0.25, -0.2) is 19.3 Å². The number of aromatic nitrogens is 4. The number of H-pyrrole nitrogens is 1. The van der Waals surface area contributed by atoms with Crippen LogP contribution in [0, 0.1) is 6.92 Å². The zero-order valence-corrected chi connectivity index (χ0v) is 10.2. The maximum Gasteiger partial charge on any atom is 0.349 e. The molecule has 96 valence electrons. The fourth-order valence-corrected chi connectivity index (χ4v) is 2.35. The Morgan fingerprint density at radius 3 is 3.28 bits per heavy atom. The van der Waals surface area contributed by atoms with Crippen LogP contribution >= 0.6 is 0 Å². The first-order chi connectivity index (χ1) is 8.74. The summed E-state index contributed by atoms with van der Waals surface area (Å²) < 4.78 is 1.46. The number of nitrogens with one attached hydrogen (secondary N) is 3. The second kappa shape index (κ2) is 4.41. The molecule has 0 spiro atoms. The summed E-state index contributed by atoms with van der Waals surface area (Å²) in [6.45, 7) is 3.73. The predicted molar refractivity (Wildman–Crippen MR) is 67.9 cm³/mol. The van der Waals surface area contributed by atoms with Crippen molar-refractivity contribution in [2.45, 2.75) is 25.8 Å². The Morgan fingerprint density at radius 2 is 2.50 bits per heavy atom. The lowest BCUT2D eigenvalue weighted by Crippen LogP contribution is -2.29. The SMILES string of the molecule is Cc1nc(NCC2CCCN2)cc2n[nH]c(=O)n12. The number of aromatic amines is 1. The van der Waals surface area contributed by atoms with Crippen LogP contribution in [-0.2, 0) is 0 Å².